The lowest BCUT2D eigenvalue weighted by molar-refractivity contribution is -0.116. The van der Waals surface area contributed by atoms with Crippen molar-refractivity contribution in [2.24, 2.45) is 0 Å². The van der Waals surface area contributed by atoms with Gasteiger partial charge in [-0.1, -0.05) is 97.4 Å². The molecule has 2 nitrogen and oxygen atoms in total. The molecule has 0 spiro atoms. The van der Waals surface area contributed by atoms with Gasteiger partial charge < -0.3 is 5.32 Å². The second kappa shape index (κ2) is 9.00. The van der Waals surface area contributed by atoms with Gasteiger partial charge in [-0.3, -0.25) is 4.79 Å². The number of aryl methyl sites for hydroxylation is 1. The third kappa shape index (κ3) is 4.95. The quantitative estimate of drug-likeness (QED) is 0.439. The van der Waals surface area contributed by atoms with Gasteiger partial charge in [0.25, 0.3) is 5.91 Å². The van der Waals surface area contributed by atoms with E-state index in [0.717, 1.165) is 23.1 Å². The maximum atomic E-state index is 13.2. The number of benzene rings is 3. The van der Waals surface area contributed by atoms with Crippen LogP contribution in [0.5, 0.6) is 0 Å². The Morgan fingerprint density at radius 1 is 0.889 bits per heavy atom. The second-order valence-electron chi connectivity index (χ2n) is 6.68. The average molecular weight is 355 g/mol. The number of nitrogens with one attached hydrogen (secondary N) is 1. The van der Waals surface area contributed by atoms with E-state index in [2.05, 4.69) is 43.4 Å². The zero-order valence-electron chi connectivity index (χ0n) is 15.9. The van der Waals surface area contributed by atoms with Crippen molar-refractivity contribution in [3.63, 3.8) is 0 Å². The smallest absolute Gasteiger partial charge is 0.252 e. The Morgan fingerprint density at radius 2 is 1.48 bits per heavy atom. The van der Waals surface area contributed by atoms with E-state index in [4.69, 9.17) is 0 Å². The number of carbonyl (C=O) groups excluding carboxylic acids is 1. The lowest BCUT2D eigenvalue weighted by Gasteiger charge is -2.19. The summed E-state index contributed by atoms with van der Waals surface area (Å²) in [5.74, 6) is -0.0579. The summed E-state index contributed by atoms with van der Waals surface area (Å²) in [5.41, 5.74) is 4.94. The maximum Gasteiger partial charge on any atom is 0.252 e. The molecule has 0 unspecified atom stereocenters. The molecule has 0 fully saturated rings. The number of amides is 1. The highest BCUT2D eigenvalue weighted by Crippen LogP contribution is 2.22. The lowest BCUT2D eigenvalue weighted by Crippen LogP contribution is -2.28. The minimum atomic E-state index is -0.0579. The minimum absolute atomic E-state index is 0.0130. The van der Waals surface area contributed by atoms with Gasteiger partial charge in [0.2, 0.25) is 0 Å². The van der Waals surface area contributed by atoms with Gasteiger partial charge in [-0.25, -0.2) is 0 Å². The molecule has 1 atom stereocenters. The van der Waals surface area contributed by atoms with Crippen molar-refractivity contribution in [1.29, 1.82) is 0 Å². The average Bonchev–Trinajstić information content (AvgIpc) is 2.72. The Morgan fingerprint density at radius 3 is 2.07 bits per heavy atom. The molecular formula is C25H25NO. The van der Waals surface area contributed by atoms with Crippen molar-refractivity contribution >= 4 is 17.6 Å². The largest absolute Gasteiger partial charge is 0.345 e. The molecule has 2 heteroatoms. The van der Waals surface area contributed by atoms with Crippen LogP contribution in [0.4, 0.5) is 0 Å². The van der Waals surface area contributed by atoms with Gasteiger partial charge in [0, 0.05) is 5.57 Å². The molecule has 0 aliphatic carbocycles. The fourth-order valence-electron chi connectivity index (χ4n) is 3.07. The predicted molar refractivity (Wildman–Crippen MR) is 113 cm³/mol. The SMILES string of the molecule is CC[C@@H](NC(=O)/C(=C/c1ccccc1)c1ccccc1)c1ccc(C)cc1. The Hall–Kier alpha value is -3.13. The van der Waals surface area contributed by atoms with Crippen LogP contribution >= 0.6 is 0 Å². The highest BCUT2D eigenvalue weighted by Gasteiger charge is 2.17. The van der Waals surface area contributed by atoms with E-state index in [9.17, 15) is 4.79 Å². The molecule has 0 bridgehead atoms. The molecule has 1 amide bonds. The fraction of sp³-hybridized carbons (Fsp3) is 0.160. The van der Waals surface area contributed by atoms with Crippen LogP contribution in [0.25, 0.3) is 11.6 Å². The summed E-state index contributed by atoms with van der Waals surface area (Å²) < 4.78 is 0. The number of hydrogen-bond acceptors (Lipinski definition) is 1. The third-order valence-electron chi connectivity index (χ3n) is 4.63. The Bertz CT molecular complexity index is 896. The first-order chi connectivity index (χ1) is 13.2. The molecule has 1 N–H and O–H groups in total. The number of rotatable bonds is 6. The standard InChI is InChI=1S/C25H25NO/c1-3-24(22-16-14-19(2)15-17-22)26-25(27)23(21-12-8-5-9-13-21)18-20-10-6-4-7-11-20/h4-18,24H,3H2,1-2H3,(H,26,27)/b23-18+/t24-/m1/s1. The third-order valence-corrected chi connectivity index (χ3v) is 4.63. The van der Waals surface area contributed by atoms with Gasteiger partial charge in [0.1, 0.15) is 0 Å². The normalized spacial score (nSPS) is 12.4. The van der Waals surface area contributed by atoms with Crippen LogP contribution in [-0.4, -0.2) is 5.91 Å². The van der Waals surface area contributed by atoms with Gasteiger partial charge in [0.05, 0.1) is 6.04 Å². The van der Waals surface area contributed by atoms with Crippen LogP contribution in [0, 0.1) is 6.92 Å². The maximum absolute atomic E-state index is 13.2. The van der Waals surface area contributed by atoms with E-state index in [-0.39, 0.29) is 11.9 Å². The van der Waals surface area contributed by atoms with E-state index >= 15 is 0 Å². The van der Waals surface area contributed by atoms with Crippen LogP contribution < -0.4 is 5.32 Å². The highest BCUT2D eigenvalue weighted by atomic mass is 16.1. The summed E-state index contributed by atoms with van der Waals surface area (Å²) in [7, 11) is 0. The monoisotopic (exact) mass is 355 g/mol. The summed E-state index contributed by atoms with van der Waals surface area (Å²) in [4.78, 5) is 13.2. The van der Waals surface area contributed by atoms with Crippen LogP contribution in [0.15, 0.2) is 84.9 Å². The summed E-state index contributed by atoms with van der Waals surface area (Å²) in [6.45, 7) is 4.16. The molecule has 3 aromatic carbocycles. The number of hydrogen-bond donors (Lipinski definition) is 1. The van der Waals surface area contributed by atoms with Crippen molar-refractivity contribution in [3.8, 4) is 0 Å². The first-order valence-electron chi connectivity index (χ1n) is 9.37. The molecule has 0 saturated heterocycles. The van der Waals surface area contributed by atoms with E-state index < -0.39 is 0 Å². The molecule has 0 aliphatic heterocycles. The van der Waals surface area contributed by atoms with E-state index in [0.29, 0.717) is 5.57 Å². The molecule has 3 rings (SSSR count). The van der Waals surface area contributed by atoms with Gasteiger partial charge in [0.15, 0.2) is 0 Å². The van der Waals surface area contributed by atoms with E-state index in [1.807, 2.05) is 66.7 Å². The minimum Gasteiger partial charge on any atom is -0.345 e. The predicted octanol–water partition coefficient (Wildman–Crippen LogP) is 5.80. The van der Waals surface area contributed by atoms with E-state index in [1.54, 1.807) is 0 Å². The zero-order valence-corrected chi connectivity index (χ0v) is 15.9. The van der Waals surface area contributed by atoms with Crippen molar-refractivity contribution < 1.29 is 4.79 Å². The van der Waals surface area contributed by atoms with Crippen LogP contribution in [0.3, 0.4) is 0 Å². The van der Waals surface area contributed by atoms with Crippen molar-refractivity contribution in [2.45, 2.75) is 26.3 Å². The molecule has 0 aliphatic rings. The Kier molecular flexibility index (Phi) is 6.22. The first-order valence-corrected chi connectivity index (χ1v) is 9.37. The van der Waals surface area contributed by atoms with Gasteiger partial charge in [-0.05, 0) is 36.1 Å². The molecule has 0 saturated carbocycles. The van der Waals surface area contributed by atoms with Crippen LogP contribution in [-0.2, 0) is 4.79 Å². The molecule has 3 aromatic rings. The van der Waals surface area contributed by atoms with Gasteiger partial charge in [-0.2, -0.15) is 0 Å². The van der Waals surface area contributed by atoms with Crippen molar-refractivity contribution in [3.05, 3.63) is 107 Å². The molecule has 0 heterocycles. The molecule has 27 heavy (non-hydrogen) atoms. The topological polar surface area (TPSA) is 29.1 Å². The highest BCUT2D eigenvalue weighted by molar-refractivity contribution is 6.24. The Labute approximate surface area is 161 Å². The first kappa shape index (κ1) is 18.7. The van der Waals surface area contributed by atoms with Crippen LogP contribution in [0.2, 0.25) is 0 Å². The Balaban J connectivity index is 1.91. The molecular weight excluding hydrogens is 330 g/mol. The van der Waals surface area contributed by atoms with Gasteiger partial charge in [-0.15, -0.1) is 0 Å². The lowest BCUT2D eigenvalue weighted by atomic mass is 9.99. The summed E-state index contributed by atoms with van der Waals surface area (Å²) in [6, 6.07) is 28.1. The van der Waals surface area contributed by atoms with Crippen molar-refractivity contribution in [1.82, 2.24) is 5.32 Å². The summed E-state index contributed by atoms with van der Waals surface area (Å²) in [5, 5.41) is 3.21. The van der Waals surface area contributed by atoms with E-state index in [1.165, 1.54) is 5.56 Å². The number of carbonyl (C=O) groups is 1. The molecule has 136 valence electrons. The fourth-order valence-corrected chi connectivity index (χ4v) is 3.07. The van der Waals surface area contributed by atoms with Gasteiger partial charge >= 0.3 is 0 Å². The summed E-state index contributed by atoms with van der Waals surface area (Å²) >= 11 is 0. The van der Waals surface area contributed by atoms with Crippen molar-refractivity contribution in [2.75, 3.05) is 0 Å². The summed E-state index contributed by atoms with van der Waals surface area (Å²) in [6.07, 6.45) is 2.79. The zero-order chi connectivity index (χ0) is 19.1. The van der Waals surface area contributed by atoms with Crippen LogP contribution in [0.1, 0.15) is 41.6 Å². The molecule has 0 radical (unpaired) electrons. The molecule has 0 aromatic heterocycles. The second-order valence-corrected chi connectivity index (χ2v) is 6.68.